The van der Waals surface area contributed by atoms with Crippen molar-refractivity contribution in [3.63, 3.8) is 0 Å². The fourth-order valence-electron chi connectivity index (χ4n) is 1.84. The second-order valence-corrected chi connectivity index (χ2v) is 9.13. The molecule has 0 spiro atoms. The molecule has 0 bridgehead atoms. The van der Waals surface area contributed by atoms with Crippen molar-refractivity contribution in [1.29, 1.82) is 0 Å². The second kappa shape index (κ2) is 3.18. The highest BCUT2D eigenvalue weighted by Crippen LogP contribution is 2.24. The summed E-state index contributed by atoms with van der Waals surface area (Å²) in [5.41, 5.74) is 0. The molecule has 1 fully saturated rings. The summed E-state index contributed by atoms with van der Waals surface area (Å²) < 4.78 is 1.94. The van der Waals surface area contributed by atoms with Crippen molar-refractivity contribution in [2.24, 2.45) is 0 Å². The Morgan fingerprint density at radius 2 is 2.17 bits per heavy atom. The van der Waals surface area contributed by atoms with Crippen molar-refractivity contribution in [3.05, 3.63) is 0 Å². The van der Waals surface area contributed by atoms with Gasteiger partial charge in [0.2, 0.25) is 5.91 Å². The molecular formula is C8H17NO2Si. The molecule has 0 saturated carbocycles. The number of aliphatic hydroxyl groups is 1. The number of carbonyl (C=O) groups is 1. The second-order valence-electron chi connectivity index (χ2n) is 4.31. The fraction of sp³-hybridized carbons (Fsp3) is 0.875. The molecule has 70 valence electrons. The zero-order valence-electron chi connectivity index (χ0n) is 8.00. The third-order valence-electron chi connectivity index (χ3n) is 2.26. The molecule has 0 radical (unpaired) electrons. The van der Waals surface area contributed by atoms with Crippen molar-refractivity contribution in [2.75, 3.05) is 6.61 Å². The zero-order valence-corrected chi connectivity index (χ0v) is 9.00. The molecule has 1 aliphatic rings. The summed E-state index contributed by atoms with van der Waals surface area (Å²) in [6, 6.07) is 0.101. The third-order valence-corrected chi connectivity index (χ3v) is 4.32. The Labute approximate surface area is 74.5 Å². The molecule has 12 heavy (non-hydrogen) atoms. The van der Waals surface area contributed by atoms with Gasteiger partial charge in [-0.15, -0.1) is 0 Å². The molecule has 0 aliphatic carbocycles. The van der Waals surface area contributed by atoms with Crippen LogP contribution in [0.5, 0.6) is 0 Å². The summed E-state index contributed by atoms with van der Waals surface area (Å²) in [4.78, 5) is 11.4. The van der Waals surface area contributed by atoms with Gasteiger partial charge in [0.25, 0.3) is 0 Å². The van der Waals surface area contributed by atoms with E-state index >= 15 is 0 Å². The van der Waals surface area contributed by atoms with Gasteiger partial charge in [0.05, 0.1) is 6.61 Å². The SMILES string of the molecule is C[Si](C)(C)N1C(=O)CCC1CO. The maximum absolute atomic E-state index is 11.4. The van der Waals surface area contributed by atoms with E-state index < -0.39 is 8.24 Å². The molecule has 4 heteroatoms. The summed E-state index contributed by atoms with van der Waals surface area (Å²) in [7, 11) is -1.55. The topological polar surface area (TPSA) is 40.5 Å². The number of carbonyl (C=O) groups excluding carboxylic acids is 1. The van der Waals surface area contributed by atoms with Crippen LogP contribution in [0.1, 0.15) is 12.8 Å². The molecule has 1 rings (SSSR count). The third kappa shape index (κ3) is 1.69. The van der Waals surface area contributed by atoms with Crippen molar-refractivity contribution in [3.8, 4) is 0 Å². The highest BCUT2D eigenvalue weighted by molar-refractivity contribution is 6.75. The van der Waals surface area contributed by atoms with Gasteiger partial charge < -0.3 is 9.67 Å². The van der Waals surface area contributed by atoms with Crippen LogP contribution in [0.25, 0.3) is 0 Å². The molecule has 0 aromatic carbocycles. The highest BCUT2D eigenvalue weighted by atomic mass is 28.3. The van der Waals surface area contributed by atoms with Crippen molar-refractivity contribution < 1.29 is 9.90 Å². The van der Waals surface area contributed by atoms with E-state index in [1.165, 1.54) is 0 Å². The Kier molecular flexibility index (Phi) is 2.58. The molecule has 1 aliphatic heterocycles. The molecule has 0 aromatic rings. The molecule has 1 N–H and O–H groups in total. The van der Waals surface area contributed by atoms with Crippen LogP contribution in [0, 0.1) is 0 Å². The fourth-order valence-corrected chi connectivity index (χ4v) is 4.00. The van der Waals surface area contributed by atoms with E-state index in [1.54, 1.807) is 0 Å². The predicted molar refractivity (Wildman–Crippen MR) is 50.3 cm³/mol. The minimum Gasteiger partial charge on any atom is -0.394 e. The van der Waals surface area contributed by atoms with Crippen LogP contribution in [0.4, 0.5) is 0 Å². The standard InChI is InChI=1S/C8H17NO2Si/c1-12(2,3)9-7(6-10)4-5-8(9)11/h7,10H,4-6H2,1-3H3. The number of amides is 1. The normalized spacial score (nSPS) is 25.2. The number of rotatable bonds is 2. The van der Waals surface area contributed by atoms with E-state index in [0.717, 1.165) is 6.42 Å². The molecule has 1 unspecified atom stereocenters. The van der Waals surface area contributed by atoms with Crippen LogP contribution in [0.2, 0.25) is 19.6 Å². The number of hydrogen-bond donors (Lipinski definition) is 1. The monoisotopic (exact) mass is 187 g/mol. The first-order chi connectivity index (χ1) is 5.46. The van der Waals surface area contributed by atoms with Gasteiger partial charge in [-0.1, -0.05) is 19.6 Å². The maximum Gasteiger partial charge on any atom is 0.215 e. The van der Waals surface area contributed by atoms with Crippen molar-refractivity contribution in [2.45, 2.75) is 38.5 Å². The van der Waals surface area contributed by atoms with Crippen LogP contribution in [0.3, 0.4) is 0 Å². The van der Waals surface area contributed by atoms with Crippen LogP contribution >= 0.6 is 0 Å². The van der Waals surface area contributed by atoms with Crippen molar-refractivity contribution in [1.82, 2.24) is 4.57 Å². The quantitative estimate of drug-likeness (QED) is 0.650. The average Bonchev–Trinajstić information content (AvgIpc) is 2.29. The van der Waals surface area contributed by atoms with Gasteiger partial charge in [0.1, 0.15) is 0 Å². The Bertz CT molecular complexity index is 188. The summed E-state index contributed by atoms with van der Waals surface area (Å²) in [5.74, 6) is 0.230. The zero-order chi connectivity index (χ0) is 9.35. The van der Waals surface area contributed by atoms with Gasteiger partial charge in [-0.25, -0.2) is 0 Å². The van der Waals surface area contributed by atoms with Crippen LogP contribution < -0.4 is 0 Å². The highest BCUT2D eigenvalue weighted by Gasteiger charge is 2.38. The summed E-state index contributed by atoms with van der Waals surface area (Å²) in [5, 5.41) is 9.05. The largest absolute Gasteiger partial charge is 0.394 e. The smallest absolute Gasteiger partial charge is 0.215 e. The van der Waals surface area contributed by atoms with Gasteiger partial charge in [-0.3, -0.25) is 4.79 Å². The van der Waals surface area contributed by atoms with E-state index in [1.807, 2.05) is 4.57 Å². The molecule has 0 aromatic heterocycles. The average molecular weight is 187 g/mol. The first-order valence-corrected chi connectivity index (χ1v) is 7.84. The summed E-state index contributed by atoms with van der Waals surface area (Å²) in [6.45, 7) is 6.53. The molecule has 1 atom stereocenters. The van der Waals surface area contributed by atoms with E-state index in [-0.39, 0.29) is 18.6 Å². The Morgan fingerprint density at radius 1 is 1.58 bits per heavy atom. The lowest BCUT2D eigenvalue weighted by atomic mass is 10.2. The Balaban J connectivity index is 2.77. The van der Waals surface area contributed by atoms with Gasteiger partial charge >= 0.3 is 0 Å². The Morgan fingerprint density at radius 3 is 2.50 bits per heavy atom. The lowest BCUT2D eigenvalue weighted by molar-refractivity contribution is -0.125. The number of aliphatic hydroxyl groups excluding tert-OH is 1. The van der Waals surface area contributed by atoms with Crippen LogP contribution in [0.15, 0.2) is 0 Å². The number of hydrogen-bond acceptors (Lipinski definition) is 2. The maximum atomic E-state index is 11.4. The van der Waals surface area contributed by atoms with E-state index in [0.29, 0.717) is 6.42 Å². The predicted octanol–water partition coefficient (Wildman–Crippen LogP) is 0.805. The van der Waals surface area contributed by atoms with Crippen LogP contribution in [-0.4, -0.2) is 36.5 Å². The summed E-state index contributed by atoms with van der Waals surface area (Å²) >= 11 is 0. The molecular weight excluding hydrogens is 170 g/mol. The van der Waals surface area contributed by atoms with Gasteiger partial charge in [-0.05, 0) is 6.42 Å². The lowest BCUT2D eigenvalue weighted by Crippen LogP contribution is -2.52. The lowest BCUT2D eigenvalue weighted by Gasteiger charge is -2.34. The van der Waals surface area contributed by atoms with E-state index in [4.69, 9.17) is 5.11 Å². The van der Waals surface area contributed by atoms with Crippen LogP contribution in [-0.2, 0) is 4.79 Å². The number of nitrogens with zero attached hydrogens (tertiary/aromatic N) is 1. The van der Waals surface area contributed by atoms with Gasteiger partial charge in [0.15, 0.2) is 8.24 Å². The first-order valence-electron chi connectivity index (χ1n) is 4.40. The van der Waals surface area contributed by atoms with Crippen molar-refractivity contribution >= 4 is 14.1 Å². The Hall–Kier alpha value is -0.353. The molecule has 3 nitrogen and oxygen atoms in total. The first kappa shape index (κ1) is 9.73. The summed E-state index contributed by atoms with van der Waals surface area (Å²) in [6.07, 6.45) is 1.45. The van der Waals surface area contributed by atoms with Gasteiger partial charge in [-0.2, -0.15) is 0 Å². The molecule has 1 heterocycles. The minimum atomic E-state index is -1.55. The van der Waals surface area contributed by atoms with E-state index in [2.05, 4.69) is 19.6 Å². The minimum absolute atomic E-state index is 0.101. The molecule has 1 saturated heterocycles. The van der Waals surface area contributed by atoms with E-state index in [9.17, 15) is 4.79 Å². The molecule has 1 amide bonds. The van der Waals surface area contributed by atoms with Gasteiger partial charge in [0, 0.05) is 12.5 Å².